The molecule has 1 saturated carbocycles. The van der Waals surface area contributed by atoms with Crippen molar-refractivity contribution in [2.24, 2.45) is 11.8 Å². The van der Waals surface area contributed by atoms with Crippen LogP contribution >= 0.6 is 0 Å². The number of aliphatic hydroxyl groups excluding tert-OH is 2. The van der Waals surface area contributed by atoms with Crippen LogP contribution in [0.4, 0.5) is 0 Å². The summed E-state index contributed by atoms with van der Waals surface area (Å²) in [6.45, 7) is 2.16. The number of carbonyl (C=O) groups excluding carboxylic acids is 1. The Morgan fingerprint density at radius 3 is 2.72 bits per heavy atom. The van der Waals surface area contributed by atoms with Gasteiger partial charge < -0.3 is 15.3 Å². The molecule has 5 nitrogen and oxygen atoms in total. The number of carboxylic acids is 1. The minimum Gasteiger partial charge on any atom is -0.481 e. The molecule has 1 fully saturated rings. The van der Waals surface area contributed by atoms with Crippen LogP contribution in [0.15, 0.2) is 24.3 Å². The van der Waals surface area contributed by atoms with Crippen LogP contribution in [0.1, 0.15) is 64.7 Å². The number of aliphatic carboxylic acids is 1. The van der Waals surface area contributed by atoms with Gasteiger partial charge in [0.05, 0.1) is 12.2 Å². The van der Waals surface area contributed by atoms with Gasteiger partial charge in [0.15, 0.2) is 0 Å². The first-order chi connectivity index (χ1) is 12.0. The Labute approximate surface area is 150 Å². The maximum absolute atomic E-state index is 12.1. The van der Waals surface area contributed by atoms with Crippen LogP contribution in [0.25, 0.3) is 0 Å². The number of carboxylic acid groups (broad SMARTS) is 1. The Kier molecular flexibility index (Phi) is 10.3. The maximum atomic E-state index is 12.1. The standard InChI is InChI=1S/C20H32O5/c1-2-3-4-5-6-7-10-16-17(19(23)14-18(16)22)13-12-15(21)9-8-11-20(24)25/h6-7,12-13,15-18,21-22H,2-5,8-11,14H2,1H3,(H,24,25)/b7-6-,13-12+/t15-,16+,17+,18-/m1/s1. The lowest BCUT2D eigenvalue weighted by molar-refractivity contribution is -0.137. The highest BCUT2D eigenvalue weighted by atomic mass is 16.4. The summed E-state index contributed by atoms with van der Waals surface area (Å²) in [6.07, 6.45) is 12.2. The van der Waals surface area contributed by atoms with E-state index in [4.69, 9.17) is 5.11 Å². The molecular weight excluding hydrogens is 320 g/mol. The van der Waals surface area contributed by atoms with Crippen LogP contribution in [0, 0.1) is 11.8 Å². The zero-order valence-corrected chi connectivity index (χ0v) is 15.1. The van der Waals surface area contributed by atoms with Gasteiger partial charge in [0.2, 0.25) is 0 Å². The lowest BCUT2D eigenvalue weighted by atomic mass is 9.90. The first kappa shape index (κ1) is 21.6. The average molecular weight is 352 g/mol. The maximum Gasteiger partial charge on any atom is 0.303 e. The van der Waals surface area contributed by atoms with Gasteiger partial charge in [-0.3, -0.25) is 9.59 Å². The van der Waals surface area contributed by atoms with Crippen molar-refractivity contribution in [2.45, 2.75) is 76.9 Å². The Balaban J connectivity index is 2.49. The van der Waals surface area contributed by atoms with E-state index >= 15 is 0 Å². The van der Waals surface area contributed by atoms with Crippen molar-refractivity contribution < 1.29 is 24.9 Å². The van der Waals surface area contributed by atoms with Crippen LogP contribution < -0.4 is 0 Å². The van der Waals surface area contributed by atoms with Crippen molar-refractivity contribution in [3.05, 3.63) is 24.3 Å². The van der Waals surface area contributed by atoms with E-state index in [-0.39, 0.29) is 30.5 Å². The van der Waals surface area contributed by atoms with Gasteiger partial charge in [0.25, 0.3) is 0 Å². The lowest BCUT2D eigenvalue weighted by Gasteiger charge is -2.17. The molecule has 0 radical (unpaired) electrons. The third-order valence-corrected chi connectivity index (χ3v) is 4.72. The molecule has 5 heteroatoms. The molecule has 1 rings (SSSR count). The van der Waals surface area contributed by atoms with Crippen molar-refractivity contribution in [1.29, 1.82) is 0 Å². The number of unbranched alkanes of at least 4 members (excludes halogenated alkanes) is 3. The second kappa shape index (κ2) is 12.0. The van der Waals surface area contributed by atoms with Gasteiger partial charge in [-0.2, -0.15) is 0 Å². The quantitative estimate of drug-likeness (QED) is 0.370. The van der Waals surface area contributed by atoms with Gasteiger partial charge in [0, 0.05) is 24.7 Å². The predicted octanol–water partition coefficient (Wildman–Crippen LogP) is 3.25. The first-order valence-corrected chi connectivity index (χ1v) is 9.39. The Bertz CT molecular complexity index is 469. The molecule has 0 saturated heterocycles. The molecule has 1 aliphatic carbocycles. The van der Waals surface area contributed by atoms with Crippen LogP contribution in [-0.4, -0.2) is 39.3 Å². The van der Waals surface area contributed by atoms with E-state index in [0.29, 0.717) is 19.3 Å². The lowest BCUT2D eigenvalue weighted by Crippen LogP contribution is -2.19. The van der Waals surface area contributed by atoms with E-state index in [9.17, 15) is 19.8 Å². The Morgan fingerprint density at radius 1 is 1.28 bits per heavy atom. The van der Waals surface area contributed by atoms with Crippen molar-refractivity contribution in [3.8, 4) is 0 Å². The molecule has 142 valence electrons. The van der Waals surface area contributed by atoms with Gasteiger partial charge in [-0.1, -0.05) is 44.1 Å². The molecule has 0 unspecified atom stereocenters. The van der Waals surface area contributed by atoms with Gasteiger partial charge >= 0.3 is 5.97 Å². The summed E-state index contributed by atoms with van der Waals surface area (Å²) in [5, 5.41) is 28.6. The van der Waals surface area contributed by atoms with Crippen LogP contribution in [0.3, 0.4) is 0 Å². The third-order valence-electron chi connectivity index (χ3n) is 4.72. The fourth-order valence-electron chi connectivity index (χ4n) is 3.22. The highest BCUT2D eigenvalue weighted by molar-refractivity contribution is 5.86. The van der Waals surface area contributed by atoms with Gasteiger partial charge in [-0.05, 0) is 32.1 Å². The highest BCUT2D eigenvalue weighted by Gasteiger charge is 2.39. The first-order valence-electron chi connectivity index (χ1n) is 9.39. The minimum atomic E-state index is -0.879. The van der Waals surface area contributed by atoms with Gasteiger partial charge in [0.1, 0.15) is 5.78 Å². The Morgan fingerprint density at radius 2 is 2.04 bits per heavy atom. The minimum absolute atomic E-state index is 0.00543. The molecule has 0 aromatic carbocycles. The van der Waals surface area contributed by atoms with E-state index in [1.165, 1.54) is 12.8 Å². The molecule has 25 heavy (non-hydrogen) atoms. The number of carbonyl (C=O) groups is 2. The SMILES string of the molecule is CCCCC/C=C\C[C@@H]1[C@H](O)CC(=O)[C@H]1/C=C/[C@H](O)CCCC(=O)O. The van der Waals surface area contributed by atoms with E-state index in [0.717, 1.165) is 12.8 Å². The van der Waals surface area contributed by atoms with Crippen molar-refractivity contribution in [3.63, 3.8) is 0 Å². The summed E-state index contributed by atoms with van der Waals surface area (Å²) in [7, 11) is 0. The number of rotatable bonds is 12. The summed E-state index contributed by atoms with van der Waals surface area (Å²) in [5.74, 6) is -1.39. The fourth-order valence-corrected chi connectivity index (χ4v) is 3.22. The summed E-state index contributed by atoms with van der Waals surface area (Å²) in [5.41, 5.74) is 0. The molecule has 0 bridgehead atoms. The number of Topliss-reactive ketones (excluding diaryl/α,β-unsaturated/α-hetero) is 1. The van der Waals surface area contributed by atoms with Crippen LogP contribution in [0.2, 0.25) is 0 Å². The monoisotopic (exact) mass is 352 g/mol. The zero-order valence-electron chi connectivity index (χ0n) is 15.1. The average Bonchev–Trinajstić information content (AvgIpc) is 2.81. The van der Waals surface area contributed by atoms with Crippen LogP contribution in [-0.2, 0) is 9.59 Å². The highest BCUT2D eigenvalue weighted by Crippen LogP contribution is 2.33. The van der Waals surface area contributed by atoms with E-state index in [1.54, 1.807) is 12.2 Å². The van der Waals surface area contributed by atoms with Gasteiger partial charge in [-0.25, -0.2) is 0 Å². The molecular formula is C20H32O5. The van der Waals surface area contributed by atoms with Crippen molar-refractivity contribution >= 4 is 11.8 Å². The predicted molar refractivity (Wildman–Crippen MR) is 97.1 cm³/mol. The van der Waals surface area contributed by atoms with Crippen molar-refractivity contribution in [2.75, 3.05) is 0 Å². The number of ketones is 1. The number of hydrogen-bond acceptors (Lipinski definition) is 4. The van der Waals surface area contributed by atoms with Crippen LogP contribution in [0.5, 0.6) is 0 Å². The summed E-state index contributed by atoms with van der Waals surface area (Å²) in [6, 6.07) is 0. The second-order valence-corrected chi connectivity index (χ2v) is 6.87. The van der Waals surface area contributed by atoms with E-state index in [1.807, 2.05) is 6.08 Å². The molecule has 0 aliphatic heterocycles. The number of hydrogen-bond donors (Lipinski definition) is 3. The Hall–Kier alpha value is -1.46. The number of aliphatic hydroxyl groups is 2. The topological polar surface area (TPSA) is 94.8 Å². The summed E-state index contributed by atoms with van der Waals surface area (Å²) < 4.78 is 0. The summed E-state index contributed by atoms with van der Waals surface area (Å²) in [4.78, 5) is 22.6. The molecule has 0 aromatic heterocycles. The fraction of sp³-hybridized carbons (Fsp3) is 0.700. The third kappa shape index (κ3) is 8.45. The van der Waals surface area contributed by atoms with E-state index < -0.39 is 18.2 Å². The molecule has 0 amide bonds. The zero-order chi connectivity index (χ0) is 18.7. The smallest absolute Gasteiger partial charge is 0.303 e. The molecule has 0 heterocycles. The molecule has 0 aromatic rings. The van der Waals surface area contributed by atoms with E-state index in [2.05, 4.69) is 13.0 Å². The largest absolute Gasteiger partial charge is 0.481 e. The second-order valence-electron chi connectivity index (χ2n) is 6.87. The van der Waals surface area contributed by atoms with Crippen molar-refractivity contribution in [1.82, 2.24) is 0 Å². The number of allylic oxidation sites excluding steroid dienone is 3. The summed E-state index contributed by atoms with van der Waals surface area (Å²) >= 11 is 0. The molecule has 3 N–H and O–H groups in total. The normalized spacial score (nSPS) is 25.2. The molecule has 4 atom stereocenters. The molecule has 0 spiro atoms. The van der Waals surface area contributed by atoms with Gasteiger partial charge in [-0.15, -0.1) is 0 Å². The molecule has 1 aliphatic rings.